The molecule has 1 saturated heterocycles. The molecule has 1 aliphatic heterocycles. The van der Waals surface area contributed by atoms with Gasteiger partial charge in [0.2, 0.25) is 0 Å². The summed E-state index contributed by atoms with van der Waals surface area (Å²) >= 11 is 2.32. The van der Waals surface area contributed by atoms with Crippen LogP contribution in [0.3, 0.4) is 0 Å². The van der Waals surface area contributed by atoms with Gasteiger partial charge < -0.3 is 14.3 Å². The van der Waals surface area contributed by atoms with Crippen LogP contribution in [0.5, 0.6) is 0 Å². The van der Waals surface area contributed by atoms with E-state index in [0.717, 1.165) is 10.8 Å². The van der Waals surface area contributed by atoms with Gasteiger partial charge in [-0.3, -0.25) is 0 Å². The number of aliphatic hydroxyl groups is 1. The molecule has 1 aliphatic rings. The largest absolute Gasteiger partial charge is 0.404 e. The first kappa shape index (κ1) is 21.0. The van der Waals surface area contributed by atoms with Gasteiger partial charge in [0.25, 0.3) is 8.32 Å². The highest BCUT2D eigenvalue weighted by molar-refractivity contribution is 14.1. The fraction of sp³-hybridized carbons (Fsp3) is 0.455. The lowest BCUT2D eigenvalue weighted by Gasteiger charge is -2.46. The first-order valence-electron chi connectivity index (χ1n) is 9.55. The van der Waals surface area contributed by atoms with Crippen LogP contribution < -0.4 is 10.4 Å². The number of halogens is 1. The summed E-state index contributed by atoms with van der Waals surface area (Å²) in [5, 5.41) is 12.7. The Hall–Kier alpha value is -0.733. The quantitative estimate of drug-likeness (QED) is 0.388. The van der Waals surface area contributed by atoms with Crippen molar-refractivity contribution in [3.8, 4) is 0 Å². The normalized spacial score (nSPS) is 24.0. The average Bonchev–Trinajstić information content (AvgIpc) is 2.66. The summed E-state index contributed by atoms with van der Waals surface area (Å²) in [4.78, 5) is 0. The van der Waals surface area contributed by atoms with Crippen LogP contribution in [0.25, 0.3) is 0 Å². The number of hydrogen-bond donors (Lipinski definition) is 1. The topological polar surface area (TPSA) is 38.7 Å². The molecule has 0 amide bonds. The predicted molar refractivity (Wildman–Crippen MR) is 121 cm³/mol. The molecule has 2 aromatic carbocycles. The fourth-order valence-corrected chi connectivity index (χ4v) is 9.36. The molecular formula is C22H29IO3Si. The highest BCUT2D eigenvalue weighted by Gasteiger charge is 2.52. The molecule has 1 fully saturated rings. The molecule has 2 aromatic rings. The van der Waals surface area contributed by atoms with Crippen LogP contribution in [-0.2, 0) is 9.16 Å². The number of rotatable bonds is 5. The van der Waals surface area contributed by atoms with Crippen molar-refractivity contribution in [2.75, 3.05) is 4.43 Å². The van der Waals surface area contributed by atoms with Crippen LogP contribution >= 0.6 is 22.6 Å². The third-order valence-corrected chi connectivity index (χ3v) is 11.3. The summed E-state index contributed by atoms with van der Waals surface area (Å²) in [5.74, 6) is 0. The van der Waals surface area contributed by atoms with E-state index in [1.807, 2.05) is 0 Å². The average molecular weight is 496 g/mol. The number of ether oxygens (including phenoxy) is 1. The molecule has 0 saturated carbocycles. The summed E-state index contributed by atoms with van der Waals surface area (Å²) in [7, 11) is -2.58. The van der Waals surface area contributed by atoms with E-state index in [9.17, 15) is 5.11 Å². The maximum absolute atomic E-state index is 10.2. The molecule has 1 N–H and O–H groups in total. The smallest absolute Gasteiger partial charge is 0.261 e. The highest BCUT2D eigenvalue weighted by atomic mass is 127. The van der Waals surface area contributed by atoms with Crippen molar-refractivity contribution < 1.29 is 14.3 Å². The zero-order chi connectivity index (χ0) is 19.5. The zero-order valence-electron chi connectivity index (χ0n) is 16.3. The molecule has 3 nitrogen and oxygen atoms in total. The molecule has 0 spiro atoms. The Morgan fingerprint density at radius 1 is 1.00 bits per heavy atom. The second-order valence-corrected chi connectivity index (χ2v) is 13.4. The van der Waals surface area contributed by atoms with E-state index in [2.05, 4.69) is 104 Å². The Balaban J connectivity index is 2.09. The lowest BCUT2D eigenvalue weighted by molar-refractivity contribution is -0.178. The molecule has 3 rings (SSSR count). The minimum absolute atomic E-state index is 0.0141. The lowest BCUT2D eigenvalue weighted by atomic mass is 10.1. The maximum Gasteiger partial charge on any atom is 0.261 e. The Labute approximate surface area is 177 Å². The predicted octanol–water partition coefficient (Wildman–Crippen LogP) is 3.86. The molecular weight excluding hydrogens is 467 g/mol. The first-order valence-corrected chi connectivity index (χ1v) is 13.0. The number of benzene rings is 2. The minimum Gasteiger partial charge on any atom is -0.404 e. The van der Waals surface area contributed by atoms with Gasteiger partial charge >= 0.3 is 0 Å². The van der Waals surface area contributed by atoms with Gasteiger partial charge in [-0.1, -0.05) is 104 Å². The van der Waals surface area contributed by atoms with Crippen molar-refractivity contribution in [3.05, 3.63) is 60.7 Å². The van der Waals surface area contributed by atoms with Crippen molar-refractivity contribution >= 4 is 41.3 Å². The van der Waals surface area contributed by atoms with Crippen LogP contribution in [-0.4, -0.2) is 36.3 Å². The van der Waals surface area contributed by atoms with Crippen LogP contribution in [0.4, 0.5) is 0 Å². The maximum atomic E-state index is 10.2. The molecule has 0 aliphatic carbocycles. The van der Waals surface area contributed by atoms with Gasteiger partial charge in [-0.25, -0.2) is 0 Å². The zero-order valence-corrected chi connectivity index (χ0v) is 19.4. The van der Waals surface area contributed by atoms with Crippen molar-refractivity contribution in [3.63, 3.8) is 0 Å². The van der Waals surface area contributed by atoms with Crippen LogP contribution in [0.1, 0.15) is 33.6 Å². The van der Waals surface area contributed by atoms with Gasteiger partial charge in [0, 0.05) is 10.8 Å². The summed E-state index contributed by atoms with van der Waals surface area (Å²) < 4.78 is 13.6. The number of aliphatic hydroxyl groups excluding tert-OH is 1. The Morgan fingerprint density at radius 3 is 1.96 bits per heavy atom. The Bertz CT molecular complexity index is 678. The fourth-order valence-electron chi connectivity index (χ4n) is 4.08. The molecule has 1 heterocycles. The van der Waals surface area contributed by atoms with Crippen LogP contribution in [0, 0.1) is 0 Å². The highest BCUT2D eigenvalue weighted by Crippen LogP contribution is 2.39. The SMILES string of the molecule is CC(C)(C)[Si](O[C@@H]1C[C@@H](CI)O[C@@H](O)C1)(c1ccccc1)c1ccccc1. The van der Waals surface area contributed by atoms with Gasteiger partial charge in [0.05, 0.1) is 12.2 Å². The molecule has 27 heavy (non-hydrogen) atoms. The van der Waals surface area contributed by atoms with Crippen LogP contribution in [0.15, 0.2) is 60.7 Å². The van der Waals surface area contributed by atoms with E-state index in [1.165, 1.54) is 10.4 Å². The second kappa shape index (κ2) is 8.74. The molecule has 0 aromatic heterocycles. The standard InChI is InChI=1S/C22H29IO3Si/c1-22(2,3)27(19-10-6-4-7-11-19,20-12-8-5-9-13-20)26-17-14-18(16-23)25-21(24)15-17/h4-13,17-18,21,24H,14-16H2,1-3H3/t17-,18+,21-/m1/s1. The van der Waals surface area contributed by atoms with E-state index < -0.39 is 14.6 Å². The van der Waals surface area contributed by atoms with Gasteiger partial charge in [0.15, 0.2) is 6.29 Å². The van der Waals surface area contributed by atoms with Crippen molar-refractivity contribution in [1.29, 1.82) is 0 Å². The molecule has 3 atom stereocenters. The van der Waals surface area contributed by atoms with E-state index in [-0.39, 0.29) is 17.2 Å². The molecule has 5 heteroatoms. The summed E-state index contributed by atoms with van der Waals surface area (Å²) in [6.45, 7) is 6.85. The van der Waals surface area contributed by atoms with E-state index >= 15 is 0 Å². The lowest BCUT2D eigenvalue weighted by Crippen LogP contribution is -2.68. The van der Waals surface area contributed by atoms with E-state index in [4.69, 9.17) is 9.16 Å². The van der Waals surface area contributed by atoms with E-state index in [1.54, 1.807) is 0 Å². The van der Waals surface area contributed by atoms with Gasteiger partial charge in [0.1, 0.15) is 0 Å². The first-order chi connectivity index (χ1) is 12.9. The molecule has 146 valence electrons. The third kappa shape index (κ3) is 4.48. The third-order valence-electron chi connectivity index (χ3n) is 5.27. The summed E-state index contributed by atoms with van der Waals surface area (Å²) in [6, 6.07) is 21.3. The number of hydrogen-bond acceptors (Lipinski definition) is 3. The van der Waals surface area contributed by atoms with Crippen molar-refractivity contribution in [2.24, 2.45) is 0 Å². The summed E-state index contributed by atoms with van der Waals surface area (Å²) in [5.41, 5.74) is 0. The van der Waals surface area contributed by atoms with Crippen molar-refractivity contribution in [1.82, 2.24) is 0 Å². The Morgan fingerprint density at radius 2 is 1.52 bits per heavy atom. The summed E-state index contributed by atoms with van der Waals surface area (Å²) in [6.07, 6.45) is 0.626. The Kier molecular flexibility index (Phi) is 6.79. The van der Waals surface area contributed by atoms with Gasteiger partial charge in [-0.05, 0) is 21.8 Å². The molecule has 0 bridgehead atoms. The number of alkyl halides is 1. The van der Waals surface area contributed by atoms with E-state index in [0.29, 0.717) is 6.42 Å². The molecule has 0 radical (unpaired) electrons. The van der Waals surface area contributed by atoms with Crippen LogP contribution in [0.2, 0.25) is 5.04 Å². The second-order valence-electron chi connectivity index (χ2n) is 8.24. The van der Waals surface area contributed by atoms with Crippen molar-refractivity contribution in [2.45, 2.75) is 57.1 Å². The van der Waals surface area contributed by atoms with Gasteiger partial charge in [-0.2, -0.15) is 0 Å². The monoisotopic (exact) mass is 496 g/mol. The minimum atomic E-state index is -2.58. The van der Waals surface area contributed by atoms with Gasteiger partial charge in [-0.15, -0.1) is 0 Å². The molecule has 0 unspecified atom stereocenters.